The summed E-state index contributed by atoms with van der Waals surface area (Å²) in [4.78, 5) is 10.1. The second-order valence-electron chi connectivity index (χ2n) is 3.30. The number of aliphatic carboxylic acids is 1. The third-order valence-corrected chi connectivity index (χ3v) is 1.90. The lowest BCUT2D eigenvalue weighted by Gasteiger charge is -1.92. The van der Waals surface area contributed by atoms with E-state index in [1.165, 1.54) is 25.7 Å². The standard InChI is InChI=1S/C12H20O2/c1-2-3-4-5-6-7-8-9-10-11-12(13)14/h7-10H,2-6,11H2,1H3,(H,13,14)/b8-7-,10-9+. The van der Waals surface area contributed by atoms with Crippen molar-refractivity contribution in [1.29, 1.82) is 0 Å². The van der Waals surface area contributed by atoms with Crippen LogP contribution >= 0.6 is 0 Å². The van der Waals surface area contributed by atoms with Crippen molar-refractivity contribution in [2.45, 2.75) is 45.4 Å². The Morgan fingerprint density at radius 3 is 2.50 bits per heavy atom. The topological polar surface area (TPSA) is 37.3 Å². The molecule has 0 bridgehead atoms. The van der Waals surface area contributed by atoms with E-state index in [1.807, 2.05) is 6.08 Å². The van der Waals surface area contributed by atoms with Crippen LogP contribution in [0, 0.1) is 0 Å². The highest BCUT2D eigenvalue weighted by molar-refractivity contribution is 5.68. The van der Waals surface area contributed by atoms with E-state index in [0.29, 0.717) is 0 Å². The summed E-state index contributed by atoms with van der Waals surface area (Å²) >= 11 is 0. The minimum Gasteiger partial charge on any atom is -0.481 e. The molecule has 0 aromatic heterocycles. The molecule has 0 saturated carbocycles. The van der Waals surface area contributed by atoms with E-state index in [0.717, 1.165) is 6.42 Å². The van der Waals surface area contributed by atoms with Gasteiger partial charge in [-0.2, -0.15) is 0 Å². The van der Waals surface area contributed by atoms with Crippen LogP contribution in [-0.2, 0) is 4.79 Å². The van der Waals surface area contributed by atoms with Crippen molar-refractivity contribution in [2.75, 3.05) is 0 Å². The smallest absolute Gasteiger partial charge is 0.307 e. The molecule has 0 unspecified atom stereocenters. The first-order chi connectivity index (χ1) is 6.77. The minimum absolute atomic E-state index is 0.111. The molecule has 2 nitrogen and oxygen atoms in total. The minimum atomic E-state index is -0.780. The van der Waals surface area contributed by atoms with Gasteiger partial charge in [0.25, 0.3) is 0 Å². The number of carboxylic acid groups (broad SMARTS) is 1. The summed E-state index contributed by atoms with van der Waals surface area (Å²) < 4.78 is 0. The van der Waals surface area contributed by atoms with E-state index >= 15 is 0 Å². The van der Waals surface area contributed by atoms with Crippen LogP contribution in [0.3, 0.4) is 0 Å². The molecule has 0 spiro atoms. The molecule has 0 radical (unpaired) electrons. The largest absolute Gasteiger partial charge is 0.481 e. The summed E-state index contributed by atoms with van der Waals surface area (Å²) in [5.41, 5.74) is 0. The molecule has 0 atom stereocenters. The zero-order chi connectivity index (χ0) is 10.6. The van der Waals surface area contributed by atoms with Gasteiger partial charge in [-0.3, -0.25) is 4.79 Å². The van der Waals surface area contributed by atoms with Gasteiger partial charge in [0, 0.05) is 0 Å². The van der Waals surface area contributed by atoms with Crippen LogP contribution in [-0.4, -0.2) is 11.1 Å². The van der Waals surface area contributed by atoms with Crippen molar-refractivity contribution in [2.24, 2.45) is 0 Å². The van der Waals surface area contributed by atoms with Crippen LogP contribution in [0.5, 0.6) is 0 Å². The van der Waals surface area contributed by atoms with Crippen molar-refractivity contribution in [1.82, 2.24) is 0 Å². The fourth-order valence-electron chi connectivity index (χ4n) is 1.11. The Morgan fingerprint density at radius 2 is 1.86 bits per heavy atom. The van der Waals surface area contributed by atoms with Crippen LogP contribution in [0.4, 0.5) is 0 Å². The molecule has 0 amide bonds. The van der Waals surface area contributed by atoms with E-state index < -0.39 is 5.97 Å². The molecule has 1 N–H and O–H groups in total. The predicted molar refractivity (Wildman–Crippen MR) is 59.3 cm³/mol. The van der Waals surface area contributed by atoms with E-state index in [-0.39, 0.29) is 6.42 Å². The van der Waals surface area contributed by atoms with E-state index in [1.54, 1.807) is 12.2 Å². The summed E-state index contributed by atoms with van der Waals surface area (Å²) in [6, 6.07) is 0. The fraction of sp³-hybridized carbons (Fsp3) is 0.583. The SMILES string of the molecule is CCCCCC/C=C\C=C\CC(=O)O. The van der Waals surface area contributed by atoms with Crippen molar-refractivity contribution in [3.05, 3.63) is 24.3 Å². The Kier molecular flexibility index (Phi) is 9.28. The summed E-state index contributed by atoms with van der Waals surface area (Å²) in [6.07, 6.45) is 13.8. The van der Waals surface area contributed by atoms with Crippen molar-refractivity contribution < 1.29 is 9.90 Å². The third kappa shape index (κ3) is 11.0. The number of rotatable bonds is 8. The molecule has 0 heterocycles. The van der Waals surface area contributed by atoms with Gasteiger partial charge in [0.1, 0.15) is 0 Å². The molecule has 0 aliphatic carbocycles. The second kappa shape index (κ2) is 10.0. The van der Waals surface area contributed by atoms with Crippen molar-refractivity contribution in [3.63, 3.8) is 0 Å². The van der Waals surface area contributed by atoms with Gasteiger partial charge in [-0.1, -0.05) is 50.5 Å². The lowest BCUT2D eigenvalue weighted by Crippen LogP contribution is -1.89. The lowest BCUT2D eigenvalue weighted by molar-refractivity contribution is -0.135. The van der Waals surface area contributed by atoms with Crippen molar-refractivity contribution in [3.8, 4) is 0 Å². The van der Waals surface area contributed by atoms with Crippen LogP contribution in [0.25, 0.3) is 0 Å². The van der Waals surface area contributed by atoms with Gasteiger partial charge in [0.05, 0.1) is 6.42 Å². The maximum absolute atomic E-state index is 10.1. The fourth-order valence-corrected chi connectivity index (χ4v) is 1.11. The molecule has 80 valence electrons. The van der Waals surface area contributed by atoms with Gasteiger partial charge in [0.2, 0.25) is 0 Å². The monoisotopic (exact) mass is 196 g/mol. The molecule has 2 heteroatoms. The third-order valence-electron chi connectivity index (χ3n) is 1.90. The molecule has 14 heavy (non-hydrogen) atoms. The van der Waals surface area contributed by atoms with Gasteiger partial charge < -0.3 is 5.11 Å². The average Bonchev–Trinajstić information content (AvgIpc) is 2.15. The zero-order valence-corrected chi connectivity index (χ0v) is 8.91. The Bertz CT molecular complexity index is 192. The van der Waals surface area contributed by atoms with Crippen LogP contribution in [0.15, 0.2) is 24.3 Å². The highest BCUT2D eigenvalue weighted by Crippen LogP contribution is 2.02. The number of carbonyl (C=O) groups is 1. The molecule has 0 aromatic carbocycles. The normalized spacial score (nSPS) is 11.5. The Hall–Kier alpha value is -1.05. The molecule has 0 fully saturated rings. The second-order valence-corrected chi connectivity index (χ2v) is 3.30. The zero-order valence-electron chi connectivity index (χ0n) is 8.91. The van der Waals surface area contributed by atoms with E-state index in [2.05, 4.69) is 13.0 Å². The van der Waals surface area contributed by atoms with Gasteiger partial charge in [-0.15, -0.1) is 0 Å². The quantitative estimate of drug-likeness (QED) is 0.476. The first-order valence-corrected chi connectivity index (χ1v) is 5.30. The number of hydrogen-bond acceptors (Lipinski definition) is 1. The van der Waals surface area contributed by atoms with Crippen LogP contribution in [0.1, 0.15) is 45.4 Å². The molecular formula is C12H20O2. The summed E-state index contributed by atoms with van der Waals surface area (Å²) in [5, 5.41) is 8.34. The highest BCUT2D eigenvalue weighted by atomic mass is 16.4. The molecular weight excluding hydrogens is 176 g/mol. The number of unbranched alkanes of at least 4 members (excludes halogenated alkanes) is 4. The predicted octanol–water partition coefficient (Wildman–Crippen LogP) is 3.54. The Labute approximate surface area is 86.3 Å². The number of hydrogen-bond donors (Lipinski definition) is 1. The van der Waals surface area contributed by atoms with Crippen LogP contribution < -0.4 is 0 Å². The summed E-state index contributed by atoms with van der Waals surface area (Å²) in [5.74, 6) is -0.780. The van der Waals surface area contributed by atoms with E-state index in [4.69, 9.17) is 5.11 Å². The Morgan fingerprint density at radius 1 is 1.14 bits per heavy atom. The highest BCUT2D eigenvalue weighted by Gasteiger charge is 1.87. The van der Waals surface area contributed by atoms with Gasteiger partial charge in [-0.25, -0.2) is 0 Å². The van der Waals surface area contributed by atoms with Gasteiger partial charge in [-0.05, 0) is 12.8 Å². The van der Waals surface area contributed by atoms with Crippen LogP contribution in [0.2, 0.25) is 0 Å². The molecule has 0 aromatic rings. The van der Waals surface area contributed by atoms with Crippen molar-refractivity contribution >= 4 is 5.97 Å². The lowest BCUT2D eigenvalue weighted by atomic mass is 10.1. The molecule has 0 aliphatic rings. The number of carboxylic acids is 1. The van der Waals surface area contributed by atoms with Gasteiger partial charge in [0.15, 0.2) is 0 Å². The molecule has 0 aliphatic heterocycles. The summed E-state index contributed by atoms with van der Waals surface area (Å²) in [6.45, 7) is 2.20. The van der Waals surface area contributed by atoms with Gasteiger partial charge >= 0.3 is 5.97 Å². The molecule has 0 saturated heterocycles. The first-order valence-electron chi connectivity index (χ1n) is 5.30. The number of allylic oxidation sites excluding steroid dienone is 3. The van der Waals surface area contributed by atoms with E-state index in [9.17, 15) is 4.79 Å². The average molecular weight is 196 g/mol. The Balaban J connectivity index is 3.26. The maximum Gasteiger partial charge on any atom is 0.307 e. The maximum atomic E-state index is 10.1. The first kappa shape index (κ1) is 12.9. The molecule has 0 rings (SSSR count). The summed E-state index contributed by atoms with van der Waals surface area (Å²) in [7, 11) is 0.